The van der Waals surface area contributed by atoms with Gasteiger partial charge in [-0.25, -0.2) is 4.39 Å². The minimum atomic E-state index is -0.234. The first kappa shape index (κ1) is 14.7. The van der Waals surface area contributed by atoms with Crippen LogP contribution >= 0.6 is 0 Å². The van der Waals surface area contributed by atoms with Crippen molar-refractivity contribution < 1.29 is 4.39 Å². The smallest absolute Gasteiger partial charge is 0.128 e. The molecule has 2 atom stereocenters. The van der Waals surface area contributed by atoms with E-state index in [1.807, 2.05) is 31.2 Å². The van der Waals surface area contributed by atoms with Crippen LogP contribution in [0.5, 0.6) is 0 Å². The molecule has 2 aromatic carbocycles. The van der Waals surface area contributed by atoms with Crippen molar-refractivity contribution in [3.8, 4) is 0 Å². The lowest BCUT2D eigenvalue weighted by Gasteiger charge is -2.27. The third kappa shape index (κ3) is 3.06. The number of nitrogens with two attached hydrogens (primary N) is 1. The lowest BCUT2D eigenvalue weighted by molar-refractivity contribution is 0.427. The summed E-state index contributed by atoms with van der Waals surface area (Å²) >= 11 is 0. The number of hydrogen-bond acceptors (Lipinski definition) is 2. The largest absolute Gasteiger partial charge is 0.271 e. The molecule has 0 amide bonds. The molecule has 0 radical (unpaired) electrons. The molecule has 0 aromatic heterocycles. The van der Waals surface area contributed by atoms with Gasteiger partial charge in [-0.15, -0.1) is 0 Å². The van der Waals surface area contributed by atoms with Gasteiger partial charge in [-0.3, -0.25) is 11.3 Å². The van der Waals surface area contributed by atoms with Crippen LogP contribution in [0.4, 0.5) is 4.39 Å². The molecule has 20 heavy (non-hydrogen) atoms. The number of rotatable bonds is 5. The molecule has 3 heteroatoms. The van der Waals surface area contributed by atoms with Gasteiger partial charge in [-0.05, 0) is 25.0 Å². The first-order chi connectivity index (χ1) is 9.67. The fourth-order valence-electron chi connectivity index (χ4n) is 2.69. The van der Waals surface area contributed by atoms with Crippen molar-refractivity contribution in [3.63, 3.8) is 0 Å². The van der Waals surface area contributed by atoms with Crippen LogP contribution < -0.4 is 11.3 Å². The summed E-state index contributed by atoms with van der Waals surface area (Å²) in [4.78, 5) is 0. The summed E-state index contributed by atoms with van der Waals surface area (Å²) in [5, 5.41) is 0. The van der Waals surface area contributed by atoms with E-state index in [4.69, 9.17) is 5.84 Å². The molecule has 3 N–H and O–H groups in total. The Morgan fingerprint density at radius 1 is 1.15 bits per heavy atom. The van der Waals surface area contributed by atoms with Gasteiger partial charge in [0.1, 0.15) is 5.82 Å². The van der Waals surface area contributed by atoms with E-state index < -0.39 is 0 Å². The Morgan fingerprint density at radius 3 is 2.45 bits per heavy atom. The first-order valence-electron chi connectivity index (χ1n) is 6.94. The monoisotopic (exact) mass is 272 g/mol. The second-order valence-corrected chi connectivity index (χ2v) is 5.09. The van der Waals surface area contributed by atoms with Crippen LogP contribution in [0.2, 0.25) is 0 Å². The van der Waals surface area contributed by atoms with E-state index in [9.17, 15) is 4.39 Å². The SMILES string of the molecule is CCC(c1ccccc1)C(NN)c1cc(C)ccc1F. The molecule has 0 fully saturated rings. The van der Waals surface area contributed by atoms with Gasteiger partial charge < -0.3 is 0 Å². The third-order valence-corrected chi connectivity index (χ3v) is 3.74. The Hall–Kier alpha value is -1.71. The van der Waals surface area contributed by atoms with Gasteiger partial charge in [0, 0.05) is 11.5 Å². The van der Waals surface area contributed by atoms with Gasteiger partial charge in [0.25, 0.3) is 0 Å². The highest BCUT2D eigenvalue weighted by Crippen LogP contribution is 2.34. The van der Waals surface area contributed by atoms with Gasteiger partial charge in [-0.1, -0.05) is 55.0 Å². The molecule has 2 aromatic rings. The Labute approximate surface area is 119 Å². The maximum Gasteiger partial charge on any atom is 0.128 e. The molecule has 106 valence electrons. The maximum atomic E-state index is 14.1. The summed E-state index contributed by atoms with van der Waals surface area (Å²) in [6.45, 7) is 4.05. The summed E-state index contributed by atoms with van der Waals surface area (Å²) in [5.74, 6) is 5.64. The van der Waals surface area contributed by atoms with Gasteiger partial charge in [0.15, 0.2) is 0 Å². The van der Waals surface area contributed by atoms with E-state index in [0.717, 1.165) is 12.0 Å². The molecule has 0 spiro atoms. The Balaban J connectivity index is 2.42. The van der Waals surface area contributed by atoms with Crippen molar-refractivity contribution in [3.05, 3.63) is 71.0 Å². The molecule has 0 saturated heterocycles. The molecule has 0 heterocycles. The summed E-state index contributed by atoms with van der Waals surface area (Å²) in [6, 6.07) is 15.0. The predicted molar refractivity (Wildman–Crippen MR) is 80.7 cm³/mol. The van der Waals surface area contributed by atoms with Crippen LogP contribution in [0, 0.1) is 12.7 Å². The number of aryl methyl sites for hydroxylation is 1. The minimum Gasteiger partial charge on any atom is -0.271 e. The average Bonchev–Trinajstić information content (AvgIpc) is 2.48. The molecular weight excluding hydrogens is 251 g/mol. The molecule has 0 bridgehead atoms. The highest BCUT2D eigenvalue weighted by Gasteiger charge is 2.24. The zero-order valence-corrected chi connectivity index (χ0v) is 11.9. The summed E-state index contributed by atoms with van der Waals surface area (Å²) in [7, 11) is 0. The highest BCUT2D eigenvalue weighted by molar-refractivity contribution is 5.31. The van der Waals surface area contributed by atoms with E-state index in [1.54, 1.807) is 6.07 Å². The van der Waals surface area contributed by atoms with Gasteiger partial charge in [0.05, 0.1) is 6.04 Å². The van der Waals surface area contributed by atoms with Gasteiger partial charge >= 0.3 is 0 Å². The van der Waals surface area contributed by atoms with Gasteiger partial charge in [-0.2, -0.15) is 0 Å². The standard InChI is InChI=1S/C17H21FN2/c1-3-14(13-7-5-4-6-8-13)17(20-19)15-11-12(2)9-10-16(15)18/h4-11,14,17,20H,3,19H2,1-2H3. The van der Waals surface area contributed by atoms with Crippen molar-refractivity contribution in [1.29, 1.82) is 0 Å². The topological polar surface area (TPSA) is 38.0 Å². The van der Waals surface area contributed by atoms with Crippen molar-refractivity contribution in [2.45, 2.75) is 32.2 Å². The number of halogens is 1. The molecule has 0 aliphatic carbocycles. The fraction of sp³-hybridized carbons (Fsp3) is 0.294. The molecule has 2 unspecified atom stereocenters. The lowest BCUT2D eigenvalue weighted by atomic mass is 9.85. The Morgan fingerprint density at radius 2 is 1.85 bits per heavy atom. The van der Waals surface area contributed by atoms with Crippen molar-refractivity contribution in [2.24, 2.45) is 5.84 Å². The number of hydrazine groups is 1. The van der Waals surface area contributed by atoms with Crippen molar-refractivity contribution in [2.75, 3.05) is 0 Å². The van der Waals surface area contributed by atoms with Crippen LogP contribution in [0.25, 0.3) is 0 Å². The third-order valence-electron chi connectivity index (χ3n) is 3.74. The Bertz CT molecular complexity index is 554. The van der Waals surface area contributed by atoms with Crippen LogP contribution in [0.3, 0.4) is 0 Å². The summed E-state index contributed by atoms with van der Waals surface area (Å²) in [6.07, 6.45) is 0.881. The van der Waals surface area contributed by atoms with E-state index in [-0.39, 0.29) is 17.8 Å². The normalized spacial score (nSPS) is 14.0. The van der Waals surface area contributed by atoms with Gasteiger partial charge in [0.2, 0.25) is 0 Å². The zero-order valence-electron chi connectivity index (χ0n) is 11.9. The van der Waals surface area contributed by atoms with Crippen molar-refractivity contribution >= 4 is 0 Å². The van der Waals surface area contributed by atoms with Crippen LogP contribution in [0.1, 0.15) is 42.0 Å². The molecule has 2 nitrogen and oxygen atoms in total. The number of nitrogens with one attached hydrogen (secondary N) is 1. The fourth-order valence-corrected chi connectivity index (χ4v) is 2.69. The molecule has 0 aliphatic rings. The quantitative estimate of drug-likeness (QED) is 0.641. The van der Waals surface area contributed by atoms with E-state index in [2.05, 4.69) is 24.5 Å². The predicted octanol–water partition coefficient (Wildman–Crippen LogP) is 3.83. The molecule has 0 saturated carbocycles. The molecule has 2 rings (SSSR count). The molecule has 0 aliphatic heterocycles. The minimum absolute atomic E-state index is 0.137. The number of hydrogen-bond donors (Lipinski definition) is 2. The average molecular weight is 272 g/mol. The van der Waals surface area contributed by atoms with E-state index in [1.165, 1.54) is 11.6 Å². The zero-order chi connectivity index (χ0) is 14.5. The first-order valence-corrected chi connectivity index (χ1v) is 6.94. The number of benzene rings is 2. The second kappa shape index (κ2) is 6.64. The van der Waals surface area contributed by atoms with E-state index >= 15 is 0 Å². The highest BCUT2D eigenvalue weighted by atomic mass is 19.1. The summed E-state index contributed by atoms with van der Waals surface area (Å²) < 4.78 is 14.1. The van der Waals surface area contributed by atoms with Crippen molar-refractivity contribution in [1.82, 2.24) is 5.43 Å². The summed E-state index contributed by atoms with van der Waals surface area (Å²) in [5.41, 5.74) is 5.62. The lowest BCUT2D eigenvalue weighted by Crippen LogP contribution is -2.33. The van der Waals surface area contributed by atoms with Crippen LogP contribution in [-0.4, -0.2) is 0 Å². The molecular formula is C17H21FN2. The van der Waals surface area contributed by atoms with Crippen LogP contribution in [-0.2, 0) is 0 Å². The maximum absolute atomic E-state index is 14.1. The second-order valence-electron chi connectivity index (χ2n) is 5.09. The van der Waals surface area contributed by atoms with E-state index in [0.29, 0.717) is 5.56 Å². The van der Waals surface area contributed by atoms with Crippen LogP contribution in [0.15, 0.2) is 48.5 Å². The Kier molecular flexibility index (Phi) is 4.88.